The van der Waals surface area contributed by atoms with Crippen molar-refractivity contribution in [3.63, 3.8) is 0 Å². The molecule has 23 heavy (non-hydrogen) atoms. The number of esters is 1. The van der Waals surface area contributed by atoms with Gasteiger partial charge in [0.2, 0.25) is 5.91 Å². The zero-order valence-electron chi connectivity index (χ0n) is 13.2. The van der Waals surface area contributed by atoms with Gasteiger partial charge >= 0.3 is 11.7 Å². The highest BCUT2D eigenvalue weighted by molar-refractivity contribution is 5.77. The quantitative estimate of drug-likeness (QED) is 0.780. The van der Waals surface area contributed by atoms with E-state index >= 15 is 0 Å². The van der Waals surface area contributed by atoms with E-state index in [4.69, 9.17) is 9.15 Å². The van der Waals surface area contributed by atoms with E-state index in [1.165, 1.54) is 4.57 Å². The van der Waals surface area contributed by atoms with E-state index in [0.717, 1.165) is 0 Å². The highest BCUT2D eigenvalue weighted by Gasteiger charge is 2.11. The largest absolute Gasteiger partial charge is 0.463 e. The molecule has 0 unspecified atom stereocenters. The lowest BCUT2D eigenvalue weighted by atomic mass is 10.3. The van der Waals surface area contributed by atoms with Crippen molar-refractivity contribution in [2.45, 2.75) is 39.3 Å². The van der Waals surface area contributed by atoms with Crippen LogP contribution in [0, 0.1) is 0 Å². The number of carbonyl (C=O) groups is 2. The maximum Gasteiger partial charge on any atom is 0.419 e. The summed E-state index contributed by atoms with van der Waals surface area (Å²) in [7, 11) is 0. The molecular weight excluding hydrogens is 300 g/mol. The second-order valence-corrected chi connectivity index (χ2v) is 5.38. The van der Waals surface area contributed by atoms with E-state index in [2.05, 4.69) is 5.32 Å². The molecule has 2 aromatic rings. The van der Waals surface area contributed by atoms with Crippen LogP contribution in [0.15, 0.2) is 33.5 Å². The Morgan fingerprint density at radius 3 is 2.74 bits per heavy atom. The monoisotopic (exact) mass is 320 g/mol. The lowest BCUT2D eigenvalue weighted by Crippen LogP contribution is -2.28. The maximum absolute atomic E-state index is 11.8. The van der Waals surface area contributed by atoms with Crippen LogP contribution >= 0.6 is 0 Å². The van der Waals surface area contributed by atoms with E-state index in [9.17, 15) is 14.4 Å². The molecule has 0 bridgehead atoms. The predicted octanol–water partition coefficient (Wildman–Crippen LogP) is 1.44. The van der Waals surface area contributed by atoms with Crippen molar-refractivity contribution in [1.82, 2.24) is 9.88 Å². The summed E-state index contributed by atoms with van der Waals surface area (Å²) >= 11 is 0. The van der Waals surface area contributed by atoms with Crippen LogP contribution in [-0.2, 0) is 20.9 Å². The SMILES string of the molecule is CC(C)OC(=O)CCNC(=O)CCn1c(=O)oc2ccccc21. The van der Waals surface area contributed by atoms with Gasteiger partial charge in [-0.05, 0) is 26.0 Å². The molecule has 0 aliphatic heterocycles. The Morgan fingerprint density at radius 1 is 1.26 bits per heavy atom. The van der Waals surface area contributed by atoms with E-state index in [0.29, 0.717) is 11.1 Å². The van der Waals surface area contributed by atoms with Gasteiger partial charge in [0.15, 0.2) is 5.58 Å². The van der Waals surface area contributed by atoms with Crippen molar-refractivity contribution in [2.24, 2.45) is 0 Å². The Hall–Kier alpha value is -2.57. The summed E-state index contributed by atoms with van der Waals surface area (Å²) < 4.78 is 11.5. The lowest BCUT2D eigenvalue weighted by molar-refractivity contribution is -0.147. The van der Waals surface area contributed by atoms with E-state index < -0.39 is 5.76 Å². The molecule has 0 saturated carbocycles. The Morgan fingerprint density at radius 2 is 2.00 bits per heavy atom. The second kappa shape index (κ2) is 7.62. The fraction of sp³-hybridized carbons (Fsp3) is 0.438. The molecule has 124 valence electrons. The Bertz CT molecular complexity index is 744. The van der Waals surface area contributed by atoms with Crippen LogP contribution in [-0.4, -0.2) is 29.1 Å². The molecule has 0 spiro atoms. The number of hydrogen-bond donors (Lipinski definition) is 1. The number of fused-ring (bicyclic) bond motifs is 1. The van der Waals surface area contributed by atoms with Gasteiger partial charge in [0.05, 0.1) is 18.0 Å². The van der Waals surface area contributed by atoms with Gasteiger partial charge in [-0.15, -0.1) is 0 Å². The third-order valence-corrected chi connectivity index (χ3v) is 3.15. The van der Waals surface area contributed by atoms with Crippen LogP contribution in [0.4, 0.5) is 0 Å². The number of nitrogens with zero attached hydrogens (tertiary/aromatic N) is 1. The molecule has 0 saturated heterocycles. The number of aryl methyl sites for hydroxylation is 1. The zero-order valence-corrected chi connectivity index (χ0v) is 13.2. The molecule has 0 aliphatic carbocycles. The molecule has 0 aliphatic rings. The van der Waals surface area contributed by atoms with E-state index in [-0.39, 0.29) is 43.9 Å². The topological polar surface area (TPSA) is 90.5 Å². The highest BCUT2D eigenvalue weighted by atomic mass is 16.5. The van der Waals surface area contributed by atoms with Crippen molar-refractivity contribution < 1.29 is 18.7 Å². The van der Waals surface area contributed by atoms with E-state index in [1.807, 2.05) is 0 Å². The maximum atomic E-state index is 11.8. The lowest BCUT2D eigenvalue weighted by Gasteiger charge is -2.08. The van der Waals surface area contributed by atoms with Crippen LogP contribution in [0.25, 0.3) is 11.1 Å². The van der Waals surface area contributed by atoms with Crippen LogP contribution in [0.2, 0.25) is 0 Å². The number of rotatable bonds is 7. The molecule has 1 heterocycles. The van der Waals surface area contributed by atoms with Crippen molar-refractivity contribution in [3.8, 4) is 0 Å². The number of aromatic nitrogens is 1. The van der Waals surface area contributed by atoms with Crippen LogP contribution in [0.3, 0.4) is 0 Å². The molecule has 7 nitrogen and oxygen atoms in total. The minimum Gasteiger partial charge on any atom is -0.463 e. The van der Waals surface area contributed by atoms with Gasteiger partial charge in [-0.25, -0.2) is 4.79 Å². The van der Waals surface area contributed by atoms with Crippen molar-refractivity contribution >= 4 is 23.0 Å². The Balaban J connectivity index is 1.81. The molecule has 1 aromatic heterocycles. The summed E-state index contributed by atoms with van der Waals surface area (Å²) in [6, 6.07) is 7.04. The number of benzene rings is 1. The van der Waals surface area contributed by atoms with Gasteiger partial charge < -0.3 is 14.5 Å². The molecule has 2 rings (SSSR count). The van der Waals surface area contributed by atoms with E-state index in [1.54, 1.807) is 38.1 Å². The summed E-state index contributed by atoms with van der Waals surface area (Å²) in [5, 5.41) is 2.63. The molecule has 0 fully saturated rings. The number of oxazole rings is 1. The molecule has 1 N–H and O–H groups in total. The molecule has 1 aromatic carbocycles. The van der Waals surface area contributed by atoms with Gasteiger partial charge in [-0.3, -0.25) is 14.2 Å². The average molecular weight is 320 g/mol. The molecule has 0 radical (unpaired) electrons. The fourth-order valence-corrected chi connectivity index (χ4v) is 2.15. The molecular formula is C16H20N2O5. The zero-order chi connectivity index (χ0) is 16.8. The third kappa shape index (κ3) is 4.70. The standard InChI is InChI=1S/C16H20N2O5/c1-11(2)22-15(20)7-9-17-14(19)8-10-18-12-5-3-4-6-13(12)23-16(18)21/h3-6,11H,7-10H2,1-2H3,(H,17,19). The Labute approximate surface area is 133 Å². The Kier molecular flexibility index (Phi) is 5.56. The number of ether oxygens (including phenoxy) is 1. The first-order valence-electron chi connectivity index (χ1n) is 7.52. The van der Waals surface area contributed by atoms with Gasteiger partial charge in [0.25, 0.3) is 0 Å². The van der Waals surface area contributed by atoms with Crippen molar-refractivity contribution in [3.05, 3.63) is 34.8 Å². The highest BCUT2D eigenvalue weighted by Crippen LogP contribution is 2.11. The van der Waals surface area contributed by atoms with Crippen LogP contribution in [0.5, 0.6) is 0 Å². The first kappa shape index (κ1) is 16.8. The normalized spacial score (nSPS) is 10.9. The molecule has 1 amide bonds. The van der Waals surface area contributed by atoms with Crippen molar-refractivity contribution in [2.75, 3.05) is 6.54 Å². The summed E-state index contributed by atoms with van der Waals surface area (Å²) in [5.74, 6) is -1.07. The minimum absolute atomic E-state index is 0.124. The van der Waals surface area contributed by atoms with Crippen LogP contribution < -0.4 is 11.1 Å². The summed E-state index contributed by atoms with van der Waals surface area (Å²) in [4.78, 5) is 34.9. The summed E-state index contributed by atoms with van der Waals surface area (Å²) in [6.45, 7) is 3.97. The number of carbonyl (C=O) groups excluding carboxylic acids is 2. The predicted molar refractivity (Wildman–Crippen MR) is 83.9 cm³/mol. The van der Waals surface area contributed by atoms with Gasteiger partial charge in [0.1, 0.15) is 0 Å². The molecule has 0 atom stereocenters. The van der Waals surface area contributed by atoms with Crippen LogP contribution in [0.1, 0.15) is 26.7 Å². The number of amides is 1. The minimum atomic E-state index is -0.487. The second-order valence-electron chi connectivity index (χ2n) is 5.38. The smallest absolute Gasteiger partial charge is 0.419 e. The average Bonchev–Trinajstić information content (AvgIpc) is 2.79. The summed E-state index contributed by atoms with van der Waals surface area (Å²) in [5.41, 5.74) is 1.15. The number of nitrogens with one attached hydrogen (secondary N) is 1. The first-order valence-corrected chi connectivity index (χ1v) is 7.52. The molecule has 7 heteroatoms. The van der Waals surface area contributed by atoms with Gasteiger partial charge in [0, 0.05) is 19.5 Å². The van der Waals surface area contributed by atoms with Gasteiger partial charge in [-0.1, -0.05) is 12.1 Å². The van der Waals surface area contributed by atoms with Crippen molar-refractivity contribution in [1.29, 1.82) is 0 Å². The first-order chi connectivity index (χ1) is 11.0. The number of para-hydroxylation sites is 2. The van der Waals surface area contributed by atoms with Gasteiger partial charge in [-0.2, -0.15) is 0 Å². The third-order valence-electron chi connectivity index (χ3n) is 3.15. The summed E-state index contributed by atoms with van der Waals surface area (Å²) in [6.07, 6.45) is 0.0840. The number of hydrogen-bond acceptors (Lipinski definition) is 5. The fourth-order valence-electron chi connectivity index (χ4n) is 2.15.